The summed E-state index contributed by atoms with van der Waals surface area (Å²) in [6, 6.07) is 11.7. The quantitative estimate of drug-likeness (QED) is 0.617. The van der Waals surface area contributed by atoms with Gasteiger partial charge in [0.2, 0.25) is 0 Å². The molecule has 0 aliphatic carbocycles. The molecule has 0 radical (unpaired) electrons. The Bertz CT molecular complexity index is 879. The Balaban J connectivity index is 2.15. The van der Waals surface area contributed by atoms with Crippen molar-refractivity contribution >= 4 is 21.6 Å². The van der Waals surface area contributed by atoms with Crippen molar-refractivity contribution in [3.8, 4) is 0 Å². The van der Waals surface area contributed by atoms with Crippen LogP contribution in [0.1, 0.15) is 34.3 Å². The van der Waals surface area contributed by atoms with Crippen LogP contribution >= 0.6 is 0 Å². The number of nitrogens with one attached hydrogen (secondary N) is 2. The third-order valence-corrected chi connectivity index (χ3v) is 5.45. The van der Waals surface area contributed by atoms with Gasteiger partial charge in [0, 0.05) is 17.8 Å². The van der Waals surface area contributed by atoms with E-state index in [0.29, 0.717) is 29.9 Å². The second-order valence-corrected chi connectivity index (χ2v) is 7.86. The van der Waals surface area contributed by atoms with Gasteiger partial charge in [0.05, 0.1) is 4.90 Å². The molecule has 0 fully saturated rings. The lowest BCUT2D eigenvalue weighted by molar-refractivity contribution is 0.0953. The average Bonchev–Trinajstić information content (AvgIpc) is 2.60. The molecule has 7 heteroatoms. The van der Waals surface area contributed by atoms with Crippen LogP contribution in [-0.2, 0) is 10.0 Å². The number of hydrogen-bond donors (Lipinski definition) is 3. The number of carbonyl (C=O) groups excluding carboxylic acids is 1. The first-order chi connectivity index (χ1) is 12.3. The van der Waals surface area contributed by atoms with Gasteiger partial charge in [-0.1, -0.05) is 18.2 Å². The lowest BCUT2D eigenvalue weighted by atomic mass is 10.2. The molecule has 6 nitrogen and oxygen atoms in total. The van der Waals surface area contributed by atoms with Crippen molar-refractivity contribution in [3.05, 3.63) is 59.2 Å². The van der Waals surface area contributed by atoms with E-state index in [1.165, 1.54) is 6.07 Å². The van der Waals surface area contributed by atoms with Gasteiger partial charge in [-0.05, 0) is 68.6 Å². The van der Waals surface area contributed by atoms with Gasteiger partial charge in [-0.15, -0.1) is 0 Å². The van der Waals surface area contributed by atoms with Gasteiger partial charge in [-0.3, -0.25) is 9.52 Å². The van der Waals surface area contributed by atoms with E-state index in [1.807, 2.05) is 13.0 Å². The Hall–Kier alpha value is -2.38. The minimum Gasteiger partial charge on any atom is -0.352 e. The highest BCUT2D eigenvalue weighted by molar-refractivity contribution is 7.92. The molecule has 0 aliphatic heterocycles. The normalized spacial score (nSPS) is 11.2. The van der Waals surface area contributed by atoms with E-state index in [1.54, 1.807) is 37.3 Å². The molecular weight excluding hydrogens is 350 g/mol. The average molecular weight is 375 g/mol. The lowest BCUT2D eigenvalue weighted by Crippen LogP contribution is -2.25. The molecule has 0 unspecified atom stereocenters. The monoisotopic (exact) mass is 375 g/mol. The molecule has 2 rings (SSSR count). The highest BCUT2D eigenvalue weighted by Crippen LogP contribution is 2.21. The molecule has 0 bridgehead atoms. The van der Waals surface area contributed by atoms with E-state index in [0.717, 1.165) is 18.4 Å². The number of aryl methyl sites for hydroxylation is 2. The summed E-state index contributed by atoms with van der Waals surface area (Å²) >= 11 is 0. The first-order valence-electron chi connectivity index (χ1n) is 8.52. The van der Waals surface area contributed by atoms with E-state index in [4.69, 9.17) is 5.73 Å². The number of rotatable bonds is 8. The van der Waals surface area contributed by atoms with E-state index in [9.17, 15) is 13.2 Å². The summed E-state index contributed by atoms with van der Waals surface area (Å²) in [5.74, 6) is -0.241. The summed E-state index contributed by atoms with van der Waals surface area (Å²) in [7, 11) is -3.73. The van der Waals surface area contributed by atoms with Crippen LogP contribution in [0.15, 0.2) is 47.4 Å². The Morgan fingerprint density at radius 3 is 2.58 bits per heavy atom. The van der Waals surface area contributed by atoms with Crippen LogP contribution in [-0.4, -0.2) is 27.4 Å². The highest BCUT2D eigenvalue weighted by Gasteiger charge is 2.17. The van der Waals surface area contributed by atoms with Gasteiger partial charge < -0.3 is 11.1 Å². The number of benzene rings is 2. The van der Waals surface area contributed by atoms with Crippen molar-refractivity contribution in [1.29, 1.82) is 0 Å². The Morgan fingerprint density at radius 1 is 1.08 bits per heavy atom. The van der Waals surface area contributed by atoms with Crippen LogP contribution in [0.4, 0.5) is 5.69 Å². The molecule has 0 spiro atoms. The van der Waals surface area contributed by atoms with Crippen LogP contribution in [0.5, 0.6) is 0 Å². The largest absolute Gasteiger partial charge is 0.352 e. The molecule has 26 heavy (non-hydrogen) atoms. The molecule has 140 valence electrons. The predicted octanol–water partition coefficient (Wildman–Crippen LogP) is 2.57. The SMILES string of the molecule is Cc1ccc(C)c(S(=O)(=O)Nc2cccc(C(=O)NCCCCN)c2)c1. The smallest absolute Gasteiger partial charge is 0.262 e. The molecule has 0 saturated heterocycles. The van der Waals surface area contributed by atoms with Crippen LogP contribution in [0.25, 0.3) is 0 Å². The van der Waals surface area contributed by atoms with Crippen LogP contribution in [0.3, 0.4) is 0 Å². The molecule has 2 aromatic rings. The fourth-order valence-corrected chi connectivity index (χ4v) is 3.88. The Labute approximate surface area is 154 Å². The molecule has 1 amide bonds. The fourth-order valence-electron chi connectivity index (χ4n) is 2.50. The van der Waals surface area contributed by atoms with Gasteiger partial charge in [0.25, 0.3) is 15.9 Å². The van der Waals surface area contributed by atoms with Gasteiger partial charge in [0.15, 0.2) is 0 Å². The predicted molar refractivity (Wildman–Crippen MR) is 104 cm³/mol. The Morgan fingerprint density at radius 2 is 1.85 bits per heavy atom. The number of unbranched alkanes of at least 4 members (excludes halogenated alkanes) is 1. The lowest BCUT2D eigenvalue weighted by Gasteiger charge is -2.12. The van der Waals surface area contributed by atoms with Crippen molar-refractivity contribution in [1.82, 2.24) is 5.32 Å². The van der Waals surface area contributed by atoms with Crippen molar-refractivity contribution in [3.63, 3.8) is 0 Å². The fraction of sp³-hybridized carbons (Fsp3) is 0.316. The third-order valence-electron chi connectivity index (χ3n) is 3.93. The molecule has 4 N–H and O–H groups in total. The van der Waals surface area contributed by atoms with Gasteiger partial charge in [-0.2, -0.15) is 0 Å². The first kappa shape index (κ1) is 19.9. The third kappa shape index (κ3) is 5.31. The van der Waals surface area contributed by atoms with Crippen LogP contribution < -0.4 is 15.8 Å². The summed E-state index contributed by atoms with van der Waals surface area (Å²) in [5.41, 5.74) is 7.70. The topological polar surface area (TPSA) is 101 Å². The van der Waals surface area contributed by atoms with E-state index in [2.05, 4.69) is 10.0 Å². The molecule has 0 saturated carbocycles. The summed E-state index contributed by atoms with van der Waals surface area (Å²) in [6.07, 6.45) is 1.65. The van der Waals surface area contributed by atoms with E-state index in [-0.39, 0.29) is 10.8 Å². The molecule has 0 heterocycles. The summed E-state index contributed by atoms with van der Waals surface area (Å²) in [4.78, 5) is 12.4. The van der Waals surface area contributed by atoms with Gasteiger partial charge in [0.1, 0.15) is 0 Å². The number of amides is 1. The summed E-state index contributed by atoms with van der Waals surface area (Å²) in [5, 5.41) is 2.80. The summed E-state index contributed by atoms with van der Waals surface area (Å²) in [6.45, 7) is 4.72. The molecule has 0 atom stereocenters. The zero-order valence-corrected chi connectivity index (χ0v) is 15.9. The zero-order valence-electron chi connectivity index (χ0n) is 15.1. The minimum atomic E-state index is -3.73. The number of anilines is 1. The maximum Gasteiger partial charge on any atom is 0.262 e. The van der Waals surface area contributed by atoms with E-state index >= 15 is 0 Å². The second-order valence-electron chi connectivity index (χ2n) is 6.21. The molecule has 2 aromatic carbocycles. The van der Waals surface area contributed by atoms with Crippen LogP contribution in [0.2, 0.25) is 0 Å². The number of carbonyl (C=O) groups is 1. The molecule has 0 aliphatic rings. The molecular formula is C19H25N3O3S. The van der Waals surface area contributed by atoms with Crippen LogP contribution in [0, 0.1) is 13.8 Å². The Kier molecular flexibility index (Phi) is 6.76. The standard InChI is InChI=1S/C19H25N3O3S/c1-14-8-9-15(2)18(12-14)26(24,25)22-17-7-5-6-16(13-17)19(23)21-11-4-3-10-20/h5-9,12-13,22H,3-4,10-11,20H2,1-2H3,(H,21,23). The number of nitrogens with two attached hydrogens (primary N) is 1. The maximum absolute atomic E-state index is 12.7. The number of sulfonamides is 1. The van der Waals surface area contributed by atoms with E-state index < -0.39 is 10.0 Å². The molecule has 0 aromatic heterocycles. The van der Waals surface area contributed by atoms with Crippen molar-refractivity contribution < 1.29 is 13.2 Å². The first-order valence-corrected chi connectivity index (χ1v) is 10.0. The van der Waals surface area contributed by atoms with Crippen molar-refractivity contribution in [2.45, 2.75) is 31.6 Å². The van der Waals surface area contributed by atoms with Gasteiger partial charge in [-0.25, -0.2) is 8.42 Å². The highest BCUT2D eigenvalue weighted by atomic mass is 32.2. The minimum absolute atomic E-state index is 0.231. The number of hydrogen-bond acceptors (Lipinski definition) is 4. The second kappa shape index (κ2) is 8.82. The zero-order chi connectivity index (χ0) is 19.2. The maximum atomic E-state index is 12.7. The van der Waals surface area contributed by atoms with Crippen molar-refractivity contribution in [2.24, 2.45) is 5.73 Å². The van der Waals surface area contributed by atoms with Gasteiger partial charge >= 0.3 is 0 Å². The van der Waals surface area contributed by atoms with Crippen molar-refractivity contribution in [2.75, 3.05) is 17.8 Å². The summed E-state index contributed by atoms with van der Waals surface area (Å²) < 4.78 is 27.9.